The highest BCUT2D eigenvalue weighted by atomic mass is 16.1. The van der Waals surface area contributed by atoms with Crippen molar-refractivity contribution in [2.45, 2.75) is 6.92 Å². The van der Waals surface area contributed by atoms with Gasteiger partial charge in [0, 0.05) is 31.4 Å². The number of carbonyl (C=O) groups excluding carboxylic acids is 1. The number of aryl methyl sites for hydroxylation is 1. The Bertz CT molecular complexity index is 632. The van der Waals surface area contributed by atoms with Gasteiger partial charge in [0.05, 0.1) is 11.8 Å². The number of carbonyl (C=O) groups is 1. The molecule has 4 nitrogen and oxygen atoms in total. The molecule has 18 heavy (non-hydrogen) atoms. The van der Waals surface area contributed by atoms with Crippen molar-refractivity contribution in [1.29, 1.82) is 0 Å². The summed E-state index contributed by atoms with van der Waals surface area (Å²) < 4.78 is 1.71. The first-order valence-electron chi connectivity index (χ1n) is 5.52. The maximum absolute atomic E-state index is 10.9. The van der Waals surface area contributed by atoms with Crippen LogP contribution in [0.15, 0.2) is 36.7 Å². The van der Waals surface area contributed by atoms with E-state index in [0.717, 1.165) is 16.8 Å². The fraction of sp³-hybridized carbons (Fsp3) is 0.143. The molecule has 1 aromatic carbocycles. The molecule has 0 radical (unpaired) electrons. The molecule has 0 aliphatic rings. The minimum Gasteiger partial charge on any atom is -0.326 e. The van der Waals surface area contributed by atoms with Crippen molar-refractivity contribution in [1.82, 2.24) is 9.78 Å². The quantitative estimate of drug-likeness (QED) is 0.771. The third-order valence-corrected chi connectivity index (χ3v) is 2.24. The monoisotopic (exact) mass is 239 g/mol. The third-order valence-electron chi connectivity index (χ3n) is 2.24. The Morgan fingerprint density at radius 3 is 2.78 bits per heavy atom. The molecule has 2 rings (SSSR count). The zero-order chi connectivity index (χ0) is 13.0. The van der Waals surface area contributed by atoms with E-state index in [1.807, 2.05) is 37.5 Å². The summed E-state index contributed by atoms with van der Waals surface area (Å²) in [6.45, 7) is 1.48. The van der Waals surface area contributed by atoms with Crippen LogP contribution < -0.4 is 5.32 Å². The van der Waals surface area contributed by atoms with E-state index < -0.39 is 0 Å². The van der Waals surface area contributed by atoms with Gasteiger partial charge in [-0.2, -0.15) is 5.10 Å². The lowest BCUT2D eigenvalue weighted by molar-refractivity contribution is -0.114. The minimum absolute atomic E-state index is 0.0904. The van der Waals surface area contributed by atoms with Crippen LogP contribution in [0, 0.1) is 11.8 Å². The van der Waals surface area contributed by atoms with E-state index in [4.69, 9.17) is 0 Å². The Balaban J connectivity index is 2.19. The van der Waals surface area contributed by atoms with Crippen molar-refractivity contribution in [2.75, 3.05) is 5.32 Å². The van der Waals surface area contributed by atoms with Gasteiger partial charge in [0.1, 0.15) is 0 Å². The molecular formula is C14H13N3O. The summed E-state index contributed by atoms with van der Waals surface area (Å²) in [5, 5.41) is 6.77. The molecule has 0 bridgehead atoms. The van der Waals surface area contributed by atoms with Gasteiger partial charge in [-0.15, -0.1) is 0 Å². The number of anilines is 1. The first kappa shape index (κ1) is 11.9. The summed E-state index contributed by atoms with van der Waals surface area (Å²) in [7, 11) is 1.85. The van der Waals surface area contributed by atoms with Crippen molar-refractivity contribution in [3.8, 4) is 11.8 Å². The van der Waals surface area contributed by atoms with Crippen LogP contribution in [0.3, 0.4) is 0 Å². The summed E-state index contributed by atoms with van der Waals surface area (Å²) in [5.41, 5.74) is 2.47. The number of hydrogen-bond acceptors (Lipinski definition) is 2. The molecule has 2 aromatic rings. The van der Waals surface area contributed by atoms with E-state index in [-0.39, 0.29) is 5.91 Å². The van der Waals surface area contributed by atoms with E-state index in [9.17, 15) is 4.79 Å². The molecule has 0 aliphatic carbocycles. The Morgan fingerprint density at radius 1 is 1.33 bits per heavy atom. The van der Waals surface area contributed by atoms with E-state index >= 15 is 0 Å². The number of nitrogens with one attached hydrogen (secondary N) is 1. The maximum atomic E-state index is 10.9. The molecule has 1 aromatic heterocycles. The van der Waals surface area contributed by atoms with Crippen LogP contribution in [-0.2, 0) is 11.8 Å². The summed E-state index contributed by atoms with van der Waals surface area (Å²) in [5.74, 6) is 5.96. The summed E-state index contributed by atoms with van der Waals surface area (Å²) in [6, 6.07) is 7.43. The summed E-state index contributed by atoms with van der Waals surface area (Å²) in [4.78, 5) is 10.9. The molecule has 1 heterocycles. The lowest BCUT2D eigenvalue weighted by Crippen LogP contribution is -2.05. The Labute approximate surface area is 106 Å². The molecule has 0 saturated carbocycles. The summed E-state index contributed by atoms with van der Waals surface area (Å²) >= 11 is 0. The van der Waals surface area contributed by atoms with Gasteiger partial charge in [-0.05, 0) is 18.2 Å². The number of benzene rings is 1. The Hall–Kier alpha value is -2.54. The average Bonchev–Trinajstić information content (AvgIpc) is 2.72. The Kier molecular flexibility index (Phi) is 3.44. The normalized spacial score (nSPS) is 9.44. The number of rotatable bonds is 1. The maximum Gasteiger partial charge on any atom is 0.221 e. The van der Waals surface area contributed by atoms with Gasteiger partial charge in [-0.3, -0.25) is 9.48 Å². The SMILES string of the molecule is CC(=O)Nc1cccc(C#Cc2cnn(C)c2)c1. The largest absolute Gasteiger partial charge is 0.326 e. The zero-order valence-corrected chi connectivity index (χ0v) is 10.3. The highest BCUT2D eigenvalue weighted by Crippen LogP contribution is 2.09. The lowest BCUT2D eigenvalue weighted by Gasteiger charge is -2.01. The van der Waals surface area contributed by atoms with E-state index in [1.165, 1.54) is 6.92 Å². The fourth-order valence-corrected chi connectivity index (χ4v) is 1.51. The second-order valence-electron chi connectivity index (χ2n) is 3.91. The fourth-order valence-electron chi connectivity index (χ4n) is 1.51. The Morgan fingerprint density at radius 2 is 2.11 bits per heavy atom. The van der Waals surface area contributed by atoms with Crippen molar-refractivity contribution in [3.05, 3.63) is 47.8 Å². The van der Waals surface area contributed by atoms with Gasteiger partial charge in [-0.25, -0.2) is 0 Å². The average molecular weight is 239 g/mol. The van der Waals surface area contributed by atoms with Crippen LogP contribution in [0.4, 0.5) is 5.69 Å². The first-order valence-corrected chi connectivity index (χ1v) is 5.52. The third kappa shape index (κ3) is 3.22. The van der Waals surface area contributed by atoms with Crippen LogP contribution >= 0.6 is 0 Å². The highest BCUT2D eigenvalue weighted by molar-refractivity contribution is 5.88. The van der Waals surface area contributed by atoms with Crippen molar-refractivity contribution in [2.24, 2.45) is 7.05 Å². The van der Waals surface area contributed by atoms with E-state index in [0.29, 0.717) is 0 Å². The van der Waals surface area contributed by atoms with Gasteiger partial charge >= 0.3 is 0 Å². The molecule has 1 amide bonds. The van der Waals surface area contributed by atoms with Gasteiger partial charge in [0.25, 0.3) is 0 Å². The molecule has 1 N–H and O–H groups in total. The van der Waals surface area contributed by atoms with Crippen molar-refractivity contribution >= 4 is 11.6 Å². The van der Waals surface area contributed by atoms with E-state index in [2.05, 4.69) is 22.3 Å². The van der Waals surface area contributed by atoms with Crippen LogP contribution in [0.2, 0.25) is 0 Å². The second-order valence-corrected chi connectivity index (χ2v) is 3.91. The number of aromatic nitrogens is 2. The molecule has 0 spiro atoms. The highest BCUT2D eigenvalue weighted by Gasteiger charge is 1.95. The van der Waals surface area contributed by atoms with Crippen LogP contribution in [-0.4, -0.2) is 15.7 Å². The zero-order valence-electron chi connectivity index (χ0n) is 10.3. The molecule has 0 fully saturated rings. The molecule has 0 atom stereocenters. The van der Waals surface area contributed by atoms with Crippen molar-refractivity contribution < 1.29 is 4.79 Å². The first-order chi connectivity index (χ1) is 8.63. The molecule has 0 aliphatic heterocycles. The number of nitrogens with zero attached hydrogens (tertiary/aromatic N) is 2. The molecule has 90 valence electrons. The van der Waals surface area contributed by atoms with Crippen molar-refractivity contribution in [3.63, 3.8) is 0 Å². The molecular weight excluding hydrogens is 226 g/mol. The second kappa shape index (κ2) is 5.19. The van der Waals surface area contributed by atoms with Crippen LogP contribution in [0.5, 0.6) is 0 Å². The van der Waals surface area contributed by atoms with Gasteiger partial charge in [-0.1, -0.05) is 17.9 Å². The minimum atomic E-state index is -0.0904. The topological polar surface area (TPSA) is 46.9 Å². The number of amides is 1. The molecule has 0 saturated heterocycles. The molecule has 4 heteroatoms. The standard InChI is InChI=1S/C14H13N3O/c1-11(18)16-14-5-3-4-12(8-14)6-7-13-9-15-17(2)10-13/h3-5,8-10H,1-2H3,(H,16,18). The predicted molar refractivity (Wildman–Crippen MR) is 69.9 cm³/mol. The van der Waals surface area contributed by atoms with Crippen LogP contribution in [0.25, 0.3) is 0 Å². The summed E-state index contributed by atoms with van der Waals surface area (Å²) in [6.07, 6.45) is 3.56. The predicted octanol–water partition coefficient (Wildman–Crippen LogP) is 1.78. The van der Waals surface area contributed by atoms with Gasteiger partial charge in [0.2, 0.25) is 5.91 Å². The molecule has 0 unspecified atom stereocenters. The smallest absolute Gasteiger partial charge is 0.221 e. The lowest BCUT2D eigenvalue weighted by atomic mass is 10.2. The van der Waals surface area contributed by atoms with Gasteiger partial charge < -0.3 is 5.32 Å². The van der Waals surface area contributed by atoms with Crippen LogP contribution in [0.1, 0.15) is 18.1 Å². The van der Waals surface area contributed by atoms with E-state index in [1.54, 1.807) is 10.9 Å². The van der Waals surface area contributed by atoms with Gasteiger partial charge in [0.15, 0.2) is 0 Å². The number of hydrogen-bond donors (Lipinski definition) is 1.